The zero-order valence-electron chi connectivity index (χ0n) is 11.6. The van der Waals surface area contributed by atoms with Crippen LogP contribution in [0.3, 0.4) is 0 Å². The van der Waals surface area contributed by atoms with E-state index in [2.05, 4.69) is 21.5 Å². The quantitative estimate of drug-likeness (QED) is 0.808. The molecular formula is C14H22N2O3. The number of aliphatic hydroxyl groups excluding tert-OH is 1. The second-order valence-corrected chi connectivity index (χ2v) is 5.70. The fraction of sp³-hybridized carbons (Fsp3) is 0.643. The van der Waals surface area contributed by atoms with Crippen molar-refractivity contribution in [2.24, 2.45) is 5.41 Å². The van der Waals surface area contributed by atoms with Crippen LogP contribution < -0.4 is 0 Å². The molecule has 1 saturated heterocycles. The van der Waals surface area contributed by atoms with Crippen LogP contribution in [0.15, 0.2) is 12.3 Å². The molecule has 106 valence electrons. The van der Waals surface area contributed by atoms with E-state index in [4.69, 9.17) is 0 Å². The Morgan fingerprint density at radius 1 is 1.63 bits per heavy atom. The van der Waals surface area contributed by atoms with E-state index in [0.717, 1.165) is 38.0 Å². The van der Waals surface area contributed by atoms with Crippen molar-refractivity contribution in [1.82, 2.24) is 9.88 Å². The number of piperidine rings is 1. The molecule has 1 fully saturated rings. The number of nitrogens with one attached hydrogen (secondary N) is 1. The van der Waals surface area contributed by atoms with Crippen LogP contribution in [0.4, 0.5) is 0 Å². The van der Waals surface area contributed by atoms with Crippen molar-refractivity contribution in [2.45, 2.75) is 26.3 Å². The maximum atomic E-state index is 11.4. The molecule has 1 aromatic rings. The van der Waals surface area contributed by atoms with Gasteiger partial charge >= 0.3 is 5.97 Å². The first-order valence-corrected chi connectivity index (χ1v) is 6.65. The fourth-order valence-corrected chi connectivity index (χ4v) is 2.71. The summed E-state index contributed by atoms with van der Waals surface area (Å²) < 4.78 is 4.67. The van der Waals surface area contributed by atoms with Gasteiger partial charge < -0.3 is 14.8 Å². The van der Waals surface area contributed by atoms with E-state index in [1.807, 2.05) is 12.3 Å². The van der Waals surface area contributed by atoms with Crippen LogP contribution in [0.25, 0.3) is 0 Å². The predicted molar refractivity (Wildman–Crippen MR) is 71.8 cm³/mol. The zero-order chi connectivity index (χ0) is 13.9. The maximum absolute atomic E-state index is 11.4. The second-order valence-electron chi connectivity index (χ2n) is 5.70. The summed E-state index contributed by atoms with van der Waals surface area (Å²) in [4.78, 5) is 16.6. The first kappa shape index (κ1) is 14.1. The normalized spacial score (nSPS) is 24.4. The summed E-state index contributed by atoms with van der Waals surface area (Å²) in [5, 5.41) is 9.45. The van der Waals surface area contributed by atoms with E-state index in [9.17, 15) is 9.90 Å². The number of carbonyl (C=O) groups excluding carboxylic acids is 1. The van der Waals surface area contributed by atoms with Gasteiger partial charge in [0.2, 0.25) is 0 Å². The Hall–Kier alpha value is -1.33. The molecule has 2 heterocycles. The fourth-order valence-electron chi connectivity index (χ4n) is 2.71. The molecule has 0 aliphatic carbocycles. The van der Waals surface area contributed by atoms with Crippen LogP contribution in [0.2, 0.25) is 0 Å². The molecule has 0 aromatic carbocycles. The monoisotopic (exact) mass is 266 g/mol. The van der Waals surface area contributed by atoms with Gasteiger partial charge in [0.1, 0.15) is 5.69 Å². The summed E-state index contributed by atoms with van der Waals surface area (Å²) in [6.45, 7) is 5.07. The molecule has 19 heavy (non-hydrogen) atoms. The minimum absolute atomic E-state index is 0.000262. The summed E-state index contributed by atoms with van der Waals surface area (Å²) in [7, 11) is 1.38. The standard InChI is InChI=1S/C14H22N2O3/c1-14(10-17)4-3-5-16(9-14)8-11-6-12(15-7-11)13(18)19-2/h6-7,15,17H,3-5,8-10H2,1-2H3. The second kappa shape index (κ2) is 5.75. The number of hydrogen-bond acceptors (Lipinski definition) is 4. The van der Waals surface area contributed by atoms with Gasteiger partial charge in [-0.1, -0.05) is 6.92 Å². The van der Waals surface area contributed by atoms with Crippen molar-refractivity contribution < 1.29 is 14.6 Å². The number of H-pyrrole nitrogens is 1. The minimum atomic E-state index is -0.343. The zero-order valence-corrected chi connectivity index (χ0v) is 11.6. The summed E-state index contributed by atoms with van der Waals surface area (Å²) in [6.07, 6.45) is 4.02. The van der Waals surface area contributed by atoms with Crippen LogP contribution in [0, 0.1) is 5.41 Å². The molecule has 1 aromatic heterocycles. The molecule has 5 heteroatoms. The summed E-state index contributed by atoms with van der Waals surface area (Å²) in [5.41, 5.74) is 1.56. The van der Waals surface area contributed by atoms with E-state index in [1.54, 1.807) is 0 Å². The van der Waals surface area contributed by atoms with E-state index in [1.165, 1.54) is 7.11 Å². The Morgan fingerprint density at radius 3 is 3.11 bits per heavy atom. The van der Waals surface area contributed by atoms with E-state index >= 15 is 0 Å². The van der Waals surface area contributed by atoms with E-state index in [-0.39, 0.29) is 18.0 Å². The largest absolute Gasteiger partial charge is 0.464 e. The number of aliphatic hydroxyl groups is 1. The number of hydrogen-bond donors (Lipinski definition) is 2. The Kier molecular flexibility index (Phi) is 4.27. The summed E-state index contributed by atoms with van der Waals surface area (Å²) in [6, 6.07) is 1.83. The van der Waals surface area contributed by atoms with Gasteiger partial charge in [0, 0.05) is 31.3 Å². The minimum Gasteiger partial charge on any atom is -0.464 e. The number of methoxy groups -OCH3 is 1. The first-order chi connectivity index (χ1) is 9.06. The van der Waals surface area contributed by atoms with Gasteiger partial charge in [-0.2, -0.15) is 0 Å². The summed E-state index contributed by atoms with van der Waals surface area (Å²) in [5.74, 6) is -0.343. The Labute approximate surface area is 113 Å². The predicted octanol–water partition coefficient (Wildman–Crippen LogP) is 1.40. The highest BCUT2D eigenvalue weighted by Crippen LogP contribution is 2.29. The number of aromatic amines is 1. The van der Waals surface area contributed by atoms with E-state index in [0.29, 0.717) is 5.69 Å². The lowest BCUT2D eigenvalue weighted by Crippen LogP contribution is -2.43. The van der Waals surface area contributed by atoms with Gasteiger partial charge in [-0.25, -0.2) is 4.79 Å². The van der Waals surface area contributed by atoms with Crippen molar-refractivity contribution in [1.29, 1.82) is 0 Å². The lowest BCUT2D eigenvalue weighted by atomic mass is 9.83. The van der Waals surface area contributed by atoms with E-state index < -0.39 is 0 Å². The van der Waals surface area contributed by atoms with Crippen LogP contribution in [-0.4, -0.2) is 47.8 Å². The van der Waals surface area contributed by atoms with Gasteiger partial charge in [0.25, 0.3) is 0 Å². The number of rotatable bonds is 4. The molecule has 5 nitrogen and oxygen atoms in total. The molecule has 0 amide bonds. The Balaban J connectivity index is 1.97. The molecular weight excluding hydrogens is 244 g/mol. The molecule has 2 rings (SSSR count). The highest BCUT2D eigenvalue weighted by Gasteiger charge is 2.30. The molecule has 0 saturated carbocycles. The SMILES string of the molecule is COC(=O)c1cc(CN2CCCC(C)(CO)C2)c[nH]1. The highest BCUT2D eigenvalue weighted by molar-refractivity contribution is 5.87. The third-order valence-electron chi connectivity index (χ3n) is 3.80. The Bertz CT molecular complexity index is 444. The number of aromatic nitrogens is 1. The molecule has 1 unspecified atom stereocenters. The molecule has 1 atom stereocenters. The van der Waals surface area contributed by atoms with Crippen molar-refractivity contribution in [3.8, 4) is 0 Å². The molecule has 0 radical (unpaired) electrons. The lowest BCUT2D eigenvalue weighted by Gasteiger charge is -2.39. The third kappa shape index (κ3) is 3.36. The Morgan fingerprint density at radius 2 is 2.42 bits per heavy atom. The van der Waals surface area contributed by atoms with Gasteiger partial charge in [0.05, 0.1) is 7.11 Å². The smallest absolute Gasteiger partial charge is 0.354 e. The molecule has 1 aliphatic heterocycles. The van der Waals surface area contributed by atoms with Gasteiger partial charge in [0.15, 0.2) is 0 Å². The number of esters is 1. The van der Waals surface area contributed by atoms with Crippen molar-refractivity contribution in [3.05, 3.63) is 23.5 Å². The van der Waals surface area contributed by atoms with Crippen molar-refractivity contribution in [3.63, 3.8) is 0 Å². The average Bonchev–Trinajstić information content (AvgIpc) is 2.86. The number of likely N-dealkylation sites (tertiary alicyclic amines) is 1. The number of nitrogens with zero attached hydrogens (tertiary/aromatic N) is 1. The molecule has 0 spiro atoms. The van der Waals surface area contributed by atoms with Crippen LogP contribution in [0.1, 0.15) is 35.8 Å². The lowest BCUT2D eigenvalue weighted by molar-refractivity contribution is 0.0429. The molecule has 1 aliphatic rings. The van der Waals surface area contributed by atoms with Crippen molar-refractivity contribution in [2.75, 3.05) is 26.8 Å². The third-order valence-corrected chi connectivity index (χ3v) is 3.80. The number of ether oxygens (including phenoxy) is 1. The maximum Gasteiger partial charge on any atom is 0.354 e. The van der Waals surface area contributed by atoms with Gasteiger partial charge in [-0.05, 0) is 31.0 Å². The molecule has 0 bridgehead atoms. The van der Waals surface area contributed by atoms with Gasteiger partial charge in [-0.15, -0.1) is 0 Å². The van der Waals surface area contributed by atoms with Crippen LogP contribution in [0.5, 0.6) is 0 Å². The summed E-state index contributed by atoms with van der Waals surface area (Å²) >= 11 is 0. The van der Waals surface area contributed by atoms with Crippen LogP contribution in [-0.2, 0) is 11.3 Å². The first-order valence-electron chi connectivity index (χ1n) is 6.65. The highest BCUT2D eigenvalue weighted by atomic mass is 16.5. The van der Waals surface area contributed by atoms with Crippen molar-refractivity contribution >= 4 is 5.97 Å². The number of carbonyl (C=O) groups is 1. The van der Waals surface area contributed by atoms with Gasteiger partial charge in [-0.3, -0.25) is 4.90 Å². The topological polar surface area (TPSA) is 65.6 Å². The van der Waals surface area contributed by atoms with Crippen LogP contribution >= 0.6 is 0 Å². The molecule has 2 N–H and O–H groups in total. The average molecular weight is 266 g/mol.